The molecule has 0 saturated heterocycles. The van der Waals surface area contributed by atoms with Crippen molar-refractivity contribution in [3.63, 3.8) is 0 Å². The highest BCUT2D eigenvalue weighted by Gasteiger charge is 1.99. The van der Waals surface area contributed by atoms with Crippen LogP contribution in [0.4, 0.5) is 0 Å². The van der Waals surface area contributed by atoms with Gasteiger partial charge in [0, 0.05) is 18.2 Å². The lowest BCUT2D eigenvalue weighted by atomic mass is 10.2. The van der Waals surface area contributed by atoms with Crippen LogP contribution in [-0.4, -0.2) is 27.5 Å². The zero-order valence-electron chi connectivity index (χ0n) is 11.3. The van der Waals surface area contributed by atoms with Gasteiger partial charge in [0.1, 0.15) is 0 Å². The van der Waals surface area contributed by atoms with E-state index in [-0.39, 0.29) is 12.8 Å². The molecular formula is C13H25ClO4. The lowest BCUT2D eigenvalue weighted by Gasteiger charge is -2.01. The average Bonchev–Trinajstić information content (AvgIpc) is 2.32. The normalized spacial score (nSPS) is 11.3. The van der Waals surface area contributed by atoms with Crippen molar-refractivity contribution in [2.75, 3.05) is 0 Å². The van der Waals surface area contributed by atoms with Gasteiger partial charge >= 0.3 is 11.9 Å². The molecule has 0 saturated carbocycles. The molecule has 0 amide bonds. The largest absolute Gasteiger partial charge is 0.481 e. The highest BCUT2D eigenvalue weighted by molar-refractivity contribution is 6.20. The van der Waals surface area contributed by atoms with Gasteiger partial charge in [0.25, 0.3) is 0 Å². The molecule has 0 fully saturated rings. The van der Waals surface area contributed by atoms with E-state index in [1.165, 1.54) is 19.3 Å². The predicted octanol–water partition coefficient (Wildman–Crippen LogP) is 3.91. The van der Waals surface area contributed by atoms with Gasteiger partial charge in [-0.15, -0.1) is 11.6 Å². The summed E-state index contributed by atoms with van der Waals surface area (Å²) in [5.41, 5.74) is 0. The Morgan fingerprint density at radius 3 is 1.72 bits per heavy atom. The van der Waals surface area contributed by atoms with Crippen LogP contribution in [0.2, 0.25) is 0 Å². The minimum atomic E-state index is -0.870. The molecule has 0 aromatic heterocycles. The Kier molecular flexibility index (Phi) is 15.5. The number of carbonyl (C=O) groups is 2. The molecule has 0 radical (unpaired) electrons. The summed E-state index contributed by atoms with van der Waals surface area (Å²) >= 11 is 5.84. The first kappa shape index (κ1) is 19.6. The van der Waals surface area contributed by atoms with Gasteiger partial charge in [-0.25, -0.2) is 0 Å². The van der Waals surface area contributed by atoms with Crippen molar-refractivity contribution in [3.05, 3.63) is 0 Å². The molecule has 5 heteroatoms. The zero-order chi connectivity index (χ0) is 14.4. The highest BCUT2D eigenvalue weighted by Crippen LogP contribution is 2.09. The van der Waals surface area contributed by atoms with E-state index in [9.17, 15) is 9.59 Å². The van der Waals surface area contributed by atoms with E-state index < -0.39 is 11.9 Å². The molecule has 108 valence electrons. The Balaban J connectivity index is 0. The van der Waals surface area contributed by atoms with Gasteiger partial charge in [-0.2, -0.15) is 0 Å². The average molecular weight is 281 g/mol. The lowest BCUT2D eigenvalue weighted by Crippen LogP contribution is -1.97. The van der Waals surface area contributed by atoms with Crippen molar-refractivity contribution in [1.82, 2.24) is 0 Å². The minimum absolute atomic E-state index is 0.0628. The molecule has 1 unspecified atom stereocenters. The summed E-state index contributed by atoms with van der Waals surface area (Å²) < 4.78 is 0. The number of unbranched alkanes of at least 4 members (excludes halogenated alkanes) is 2. The molecule has 0 aromatic rings. The molecule has 1 atom stereocenters. The van der Waals surface area contributed by atoms with Crippen LogP contribution in [0.3, 0.4) is 0 Å². The molecule has 0 bridgehead atoms. The van der Waals surface area contributed by atoms with Gasteiger partial charge in [0.15, 0.2) is 0 Å². The van der Waals surface area contributed by atoms with Crippen molar-refractivity contribution >= 4 is 23.5 Å². The smallest absolute Gasteiger partial charge is 0.303 e. The quantitative estimate of drug-likeness (QED) is 0.496. The third-order valence-electron chi connectivity index (χ3n) is 2.35. The summed E-state index contributed by atoms with van der Waals surface area (Å²) in [4.78, 5) is 19.8. The van der Waals surface area contributed by atoms with Crippen molar-refractivity contribution in [1.29, 1.82) is 0 Å². The molecular weight excluding hydrogens is 256 g/mol. The van der Waals surface area contributed by atoms with Gasteiger partial charge in [0.05, 0.1) is 0 Å². The second kappa shape index (κ2) is 14.3. The fourth-order valence-corrected chi connectivity index (χ4v) is 1.34. The van der Waals surface area contributed by atoms with E-state index in [2.05, 4.69) is 13.8 Å². The summed E-state index contributed by atoms with van der Waals surface area (Å²) in [5, 5.41) is 16.7. The highest BCUT2D eigenvalue weighted by atomic mass is 35.5. The molecule has 0 aliphatic rings. The van der Waals surface area contributed by atoms with Crippen LogP contribution in [0, 0.1) is 0 Å². The Labute approximate surface area is 114 Å². The van der Waals surface area contributed by atoms with Gasteiger partial charge in [-0.3, -0.25) is 9.59 Å². The van der Waals surface area contributed by atoms with E-state index in [1.54, 1.807) is 0 Å². The van der Waals surface area contributed by atoms with Crippen molar-refractivity contribution in [3.8, 4) is 0 Å². The van der Waals surface area contributed by atoms with Gasteiger partial charge < -0.3 is 10.2 Å². The minimum Gasteiger partial charge on any atom is -0.481 e. The summed E-state index contributed by atoms with van der Waals surface area (Å²) in [7, 11) is 0. The summed E-state index contributed by atoms with van der Waals surface area (Å²) in [6.07, 6.45) is 5.87. The van der Waals surface area contributed by atoms with Crippen LogP contribution < -0.4 is 0 Å². The number of hydrogen-bond acceptors (Lipinski definition) is 2. The van der Waals surface area contributed by atoms with Gasteiger partial charge in [-0.1, -0.05) is 26.7 Å². The zero-order valence-corrected chi connectivity index (χ0v) is 12.1. The fraction of sp³-hybridized carbons (Fsp3) is 0.846. The van der Waals surface area contributed by atoms with E-state index >= 15 is 0 Å². The van der Waals surface area contributed by atoms with Crippen LogP contribution >= 0.6 is 11.6 Å². The number of alkyl halides is 1. The molecule has 18 heavy (non-hydrogen) atoms. The van der Waals surface area contributed by atoms with E-state index in [4.69, 9.17) is 21.8 Å². The number of carboxylic acid groups (broad SMARTS) is 2. The number of aliphatic carboxylic acids is 2. The maximum absolute atomic E-state index is 9.90. The van der Waals surface area contributed by atoms with Gasteiger partial charge in [0.2, 0.25) is 0 Å². The van der Waals surface area contributed by atoms with E-state index in [0.717, 1.165) is 6.42 Å². The molecule has 0 spiro atoms. The van der Waals surface area contributed by atoms with Crippen molar-refractivity contribution < 1.29 is 19.8 Å². The third kappa shape index (κ3) is 20.6. The number of rotatable bonds is 9. The van der Waals surface area contributed by atoms with E-state index in [0.29, 0.717) is 18.2 Å². The fourth-order valence-electron chi connectivity index (χ4n) is 1.18. The number of carboxylic acids is 2. The Hall–Kier alpha value is -0.770. The summed E-state index contributed by atoms with van der Waals surface area (Å²) in [6, 6.07) is 0. The molecule has 0 aliphatic heterocycles. The first-order chi connectivity index (χ1) is 8.43. The summed E-state index contributed by atoms with van der Waals surface area (Å²) in [5.74, 6) is -1.74. The van der Waals surface area contributed by atoms with Crippen LogP contribution in [0.1, 0.15) is 65.2 Å². The second-order valence-electron chi connectivity index (χ2n) is 4.14. The molecule has 0 heterocycles. The molecule has 0 aliphatic carbocycles. The monoisotopic (exact) mass is 280 g/mol. The van der Waals surface area contributed by atoms with Crippen LogP contribution in [0.5, 0.6) is 0 Å². The van der Waals surface area contributed by atoms with E-state index in [1.807, 2.05) is 0 Å². The second-order valence-corrected chi connectivity index (χ2v) is 4.76. The maximum atomic E-state index is 9.90. The first-order valence-corrected chi connectivity index (χ1v) is 6.95. The first-order valence-electron chi connectivity index (χ1n) is 6.51. The predicted molar refractivity (Wildman–Crippen MR) is 73.2 cm³/mol. The molecule has 0 rings (SSSR count). The maximum Gasteiger partial charge on any atom is 0.303 e. The van der Waals surface area contributed by atoms with Crippen LogP contribution in [-0.2, 0) is 9.59 Å². The van der Waals surface area contributed by atoms with Gasteiger partial charge in [-0.05, 0) is 25.7 Å². The van der Waals surface area contributed by atoms with Crippen LogP contribution in [0.15, 0.2) is 0 Å². The Morgan fingerprint density at radius 2 is 1.44 bits per heavy atom. The van der Waals surface area contributed by atoms with Crippen molar-refractivity contribution in [2.45, 2.75) is 70.6 Å². The topological polar surface area (TPSA) is 74.6 Å². The summed E-state index contributed by atoms with van der Waals surface area (Å²) in [6.45, 7) is 4.33. The molecule has 2 N–H and O–H groups in total. The Bertz CT molecular complexity index is 203. The SMILES string of the molecule is CCCCC(Cl)CC.O=C(O)CCCCC(=O)O. The Morgan fingerprint density at radius 1 is 1.00 bits per heavy atom. The lowest BCUT2D eigenvalue weighted by molar-refractivity contribution is -0.139. The third-order valence-corrected chi connectivity index (χ3v) is 2.87. The van der Waals surface area contributed by atoms with Crippen molar-refractivity contribution in [2.24, 2.45) is 0 Å². The standard InChI is InChI=1S/C7H15Cl.C6H10O4/c1-3-5-6-7(8)4-2;7-5(8)3-1-2-4-6(9)10/h7H,3-6H2,1-2H3;1-4H2,(H,7,8)(H,9,10). The number of halogens is 1. The van der Waals surface area contributed by atoms with Crippen LogP contribution in [0.25, 0.3) is 0 Å². The molecule has 0 aromatic carbocycles. The number of hydrogen-bond donors (Lipinski definition) is 2. The molecule has 4 nitrogen and oxygen atoms in total.